The topological polar surface area (TPSA) is 33.0 Å². The Labute approximate surface area is 85.1 Å². The summed E-state index contributed by atoms with van der Waals surface area (Å²) in [7, 11) is 0. The van der Waals surface area contributed by atoms with Crippen molar-refractivity contribution in [3.05, 3.63) is 29.3 Å². The molecule has 14 heavy (non-hydrogen) atoms. The molecule has 0 fully saturated rings. The van der Waals surface area contributed by atoms with Gasteiger partial charge in [-0.1, -0.05) is 13.0 Å². The van der Waals surface area contributed by atoms with Crippen molar-refractivity contribution in [3.8, 4) is 11.8 Å². The third-order valence-electron chi connectivity index (χ3n) is 2.16. The Morgan fingerprint density at radius 1 is 1.50 bits per heavy atom. The molecule has 0 aliphatic carbocycles. The lowest BCUT2D eigenvalue weighted by Crippen LogP contribution is -2.10. The fraction of sp³-hybridized carbons (Fsp3) is 0.417. The van der Waals surface area contributed by atoms with E-state index in [1.165, 1.54) is 0 Å². The molecular weight excluding hydrogens is 174 g/mol. The van der Waals surface area contributed by atoms with E-state index in [9.17, 15) is 0 Å². The maximum absolute atomic E-state index is 8.90. The lowest BCUT2D eigenvalue weighted by atomic mass is 10.1. The molecular formula is C12H15NO. The van der Waals surface area contributed by atoms with Crippen LogP contribution in [-0.4, -0.2) is 6.10 Å². The molecule has 1 aromatic rings. The molecule has 0 aliphatic heterocycles. The van der Waals surface area contributed by atoms with Gasteiger partial charge in [-0.25, -0.2) is 0 Å². The van der Waals surface area contributed by atoms with Gasteiger partial charge >= 0.3 is 0 Å². The van der Waals surface area contributed by atoms with Crippen molar-refractivity contribution in [2.75, 3.05) is 0 Å². The summed E-state index contributed by atoms with van der Waals surface area (Å²) in [4.78, 5) is 0. The van der Waals surface area contributed by atoms with Gasteiger partial charge in [0, 0.05) is 0 Å². The molecule has 0 radical (unpaired) electrons. The SMILES string of the molecule is CCC(C)Oc1ccc(C)cc1C#N. The minimum Gasteiger partial charge on any atom is -0.489 e. The molecule has 0 bridgehead atoms. The molecule has 0 spiro atoms. The molecule has 0 saturated carbocycles. The minimum absolute atomic E-state index is 0.157. The monoisotopic (exact) mass is 189 g/mol. The molecule has 1 unspecified atom stereocenters. The lowest BCUT2D eigenvalue weighted by molar-refractivity contribution is 0.217. The molecule has 74 valence electrons. The number of nitriles is 1. The van der Waals surface area contributed by atoms with Crippen molar-refractivity contribution in [1.29, 1.82) is 5.26 Å². The van der Waals surface area contributed by atoms with E-state index in [2.05, 4.69) is 13.0 Å². The second-order valence-electron chi connectivity index (χ2n) is 3.45. The number of nitrogens with zero attached hydrogens (tertiary/aromatic N) is 1. The first-order chi connectivity index (χ1) is 6.67. The van der Waals surface area contributed by atoms with Crippen LogP contribution >= 0.6 is 0 Å². The molecule has 0 aliphatic rings. The summed E-state index contributed by atoms with van der Waals surface area (Å²) in [6.07, 6.45) is 1.10. The summed E-state index contributed by atoms with van der Waals surface area (Å²) in [5.74, 6) is 0.687. The Morgan fingerprint density at radius 3 is 2.79 bits per heavy atom. The molecule has 1 atom stereocenters. The Hall–Kier alpha value is -1.49. The number of aryl methyl sites for hydroxylation is 1. The minimum atomic E-state index is 0.157. The molecule has 2 heteroatoms. The van der Waals surface area contributed by atoms with Crippen LogP contribution in [0, 0.1) is 18.3 Å². The van der Waals surface area contributed by atoms with Gasteiger partial charge in [0.15, 0.2) is 0 Å². The van der Waals surface area contributed by atoms with Crippen LogP contribution in [0.15, 0.2) is 18.2 Å². The van der Waals surface area contributed by atoms with Gasteiger partial charge in [0.05, 0.1) is 11.7 Å². The third-order valence-corrected chi connectivity index (χ3v) is 2.16. The summed E-state index contributed by atoms with van der Waals surface area (Å²) < 4.78 is 5.62. The zero-order valence-electron chi connectivity index (χ0n) is 8.87. The highest BCUT2D eigenvalue weighted by Crippen LogP contribution is 2.20. The number of benzene rings is 1. The first-order valence-corrected chi connectivity index (χ1v) is 4.84. The number of hydrogen-bond donors (Lipinski definition) is 0. The number of hydrogen-bond acceptors (Lipinski definition) is 2. The summed E-state index contributed by atoms with van der Waals surface area (Å²) in [6, 6.07) is 7.80. The van der Waals surface area contributed by atoms with Crippen LogP contribution in [0.3, 0.4) is 0 Å². The van der Waals surface area contributed by atoms with Gasteiger partial charge < -0.3 is 4.74 Å². The second kappa shape index (κ2) is 4.66. The Morgan fingerprint density at radius 2 is 2.21 bits per heavy atom. The zero-order chi connectivity index (χ0) is 10.6. The largest absolute Gasteiger partial charge is 0.489 e. The predicted molar refractivity (Wildman–Crippen MR) is 56.3 cm³/mol. The van der Waals surface area contributed by atoms with E-state index in [1.807, 2.05) is 32.0 Å². The van der Waals surface area contributed by atoms with E-state index in [0.717, 1.165) is 12.0 Å². The van der Waals surface area contributed by atoms with Crippen LogP contribution in [0.4, 0.5) is 0 Å². The third kappa shape index (κ3) is 2.50. The average molecular weight is 189 g/mol. The normalized spacial score (nSPS) is 11.9. The number of rotatable bonds is 3. The standard InChI is InChI=1S/C12H15NO/c1-4-10(3)14-12-6-5-9(2)7-11(12)8-13/h5-7,10H,4H2,1-3H3. The van der Waals surface area contributed by atoms with Gasteiger partial charge in [0.25, 0.3) is 0 Å². The zero-order valence-corrected chi connectivity index (χ0v) is 8.87. The fourth-order valence-electron chi connectivity index (χ4n) is 1.13. The van der Waals surface area contributed by atoms with E-state index < -0.39 is 0 Å². The maximum atomic E-state index is 8.90. The summed E-state index contributed by atoms with van der Waals surface area (Å²) >= 11 is 0. The van der Waals surface area contributed by atoms with Crippen molar-refractivity contribution < 1.29 is 4.74 Å². The van der Waals surface area contributed by atoms with Crippen LogP contribution in [0.1, 0.15) is 31.4 Å². The van der Waals surface area contributed by atoms with E-state index in [0.29, 0.717) is 11.3 Å². The smallest absolute Gasteiger partial charge is 0.137 e. The van der Waals surface area contributed by atoms with Crippen molar-refractivity contribution in [3.63, 3.8) is 0 Å². The van der Waals surface area contributed by atoms with Crippen molar-refractivity contribution >= 4 is 0 Å². The van der Waals surface area contributed by atoms with Crippen molar-refractivity contribution in [2.24, 2.45) is 0 Å². The molecule has 0 amide bonds. The van der Waals surface area contributed by atoms with Crippen LogP contribution in [0.25, 0.3) is 0 Å². The molecule has 2 nitrogen and oxygen atoms in total. The molecule has 1 aromatic carbocycles. The molecule has 0 saturated heterocycles. The van der Waals surface area contributed by atoms with E-state index >= 15 is 0 Å². The van der Waals surface area contributed by atoms with Crippen molar-refractivity contribution in [2.45, 2.75) is 33.3 Å². The van der Waals surface area contributed by atoms with E-state index in [1.54, 1.807) is 0 Å². The molecule has 0 heterocycles. The van der Waals surface area contributed by atoms with E-state index in [4.69, 9.17) is 10.00 Å². The van der Waals surface area contributed by atoms with Gasteiger partial charge in [-0.3, -0.25) is 0 Å². The maximum Gasteiger partial charge on any atom is 0.137 e. The average Bonchev–Trinajstić information content (AvgIpc) is 2.20. The van der Waals surface area contributed by atoms with Crippen molar-refractivity contribution in [1.82, 2.24) is 0 Å². The summed E-state index contributed by atoms with van der Waals surface area (Å²) in [5.41, 5.74) is 1.70. The van der Waals surface area contributed by atoms with Gasteiger partial charge in [-0.05, 0) is 38.0 Å². The quantitative estimate of drug-likeness (QED) is 0.732. The molecule has 0 aromatic heterocycles. The van der Waals surface area contributed by atoms with Gasteiger partial charge in [-0.2, -0.15) is 5.26 Å². The van der Waals surface area contributed by atoms with E-state index in [-0.39, 0.29) is 6.10 Å². The highest BCUT2D eigenvalue weighted by atomic mass is 16.5. The van der Waals surface area contributed by atoms with Gasteiger partial charge in [0.1, 0.15) is 11.8 Å². The molecule has 0 N–H and O–H groups in total. The first-order valence-electron chi connectivity index (χ1n) is 4.84. The first kappa shape index (κ1) is 10.6. The predicted octanol–water partition coefficient (Wildman–Crippen LogP) is 3.04. The second-order valence-corrected chi connectivity index (χ2v) is 3.45. The fourth-order valence-corrected chi connectivity index (χ4v) is 1.13. The van der Waals surface area contributed by atoms with Gasteiger partial charge in [-0.15, -0.1) is 0 Å². The summed E-state index contributed by atoms with van der Waals surface area (Å²) in [5, 5.41) is 8.90. The lowest BCUT2D eigenvalue weighted by Gasteiger charge is -2.13. The van der Waals surface area contributed by atoms with Gasteiger partial charge in [0.2, 0.25) is 0 Å². The van der Waals surface area contributed by atoms with Crippen LogP contribution < -0.4 is 4.74 Å². The molecule has 1 rings (SSSR count). The highest BCUT2D eigenvalue weighted by Gasteiger charge is 2.06. The van der Waals surface area contributed by atoms with Crippen LogP contribution in [-0.2, 0) is 0 Å². The highest BCUT2D eigenvalue weighted by molar-refractivity contribution is 5.45. The Balaban J connectivity index is 2.92. The Bertz CT molecular complexity index is 352. The Kier molecular flexibility index (Phi) is 3.53. The number of ether oxygens (including phenoxy) is 1. The summed E-state index contributed by atoms with van der Waals surface area (Å²) in [6.45, 7) is 6.03. The van der Waals surface area contributed by atoms with Crippen LogP contribution in [0.2, 0.25) is 0 Å². The van der Waals surface area contributed by atoms with Crippen LogP contribution in [0.5, 0.6) is 5.75 Å².